The molecule has 0 N–H and O–H groups in total. The van der Waals surface area contributed by atoms with E-state index in [9.17, 15) is 0 Å². The molecule has 0 unspecified atom stereocenters. The van der Waals surface area contributed by atoms with Crippen LogP contribution in [0.3, 0.4) is 0 Å². The van der Waals surface area contributed by atoms with Crippen molar-refractivity contribution in [3.63, 3.8) is 0 Å². The van der Waals surface area contributed by atoms with E-state index in [1.807, 2.05) is 18.3 Å². The molecule has 110 valence electrons. The lowest BCUT2D eigenvalue weighted by molar-refractivity contribution is 0.0375. The Morgan fingerprint density at radius 3 is 2.76 bits per heavy atom. The van der Waals surface area contributed by atoms with Gasteiger partial charge in [0, 0.05) is 24.8 Å². The van der Waals surface area contributed by atoms with Crippen LogP contribution in [0.25, 0.3) is 11.3 Å². The van der Waals surface area contributed by atoms with Crippen molar-refractivity contribution in [2.45, 2.75) is 12.8 Å². The topological polar surface area (TPSA) is 25.4 Å². The maximum Gasteiger partial charge on any atom is 0.0702 e. The van der Waals surface area contributed by atoms with Crippen LogP contribution in [0.4, 0.5) is 0 Å². The highest BCUT2D eigenvalue weighted by Crippen LogP contribution is 2.18. The van der Waals surface area contributed by atoms with E-state index in [1.165, 1.54) is 17.5 Å². The molecule has 0 spiro atoms. The molecule has 0 bridgehead atoms. The zero-order valence-corrected chi connectivity index (χ0v) is 12.4. The number of aromatic nitrogens is 1. The molecule has 0 saturated carbocycles. The highest BCUT2D eigenvalue weighted by atomic mass is 16.5. The normalized spacial score (nSPS) is 16.0. The summed E-state index contributed by atoms with van der Waals surface area (Å²) in [6, 6.07) is 14.8. The Kier molecular flexibility index (Phi) is 4.98. The molecule has 3 nitrogen and oxygen atoms in total. The second-order valence-corrected chi connectivity index (χ2v) is 5.47. The molecule has 1 aliphatic heterocycles. The molecule has 3 rings (SSSR count). The van der Waals surface area contributed by atoms with E-state index < -0.39 is 0 Å². The van der Waals surface area contributed by atoms with Gasteiger partial charge in [-0.25, -0.2) is 0 Å². The minimum Gasteiger partial charge on any atom is -0.379 e. The number of nitrogens with zero attached hydrogens (tertiary/aromatic N) is 2. The summed E-state index contributed by atoms with van der Waals surface area (Å²) in [4.78, 5) is 6.91. The van der Waals surface area contributed by atoms with Gasteiger partial charge in [-0.05, 0) is 43.1 Å². The van der Waals surface area contributed by atoms with Gasteiger partial charge in [0.25, 0.3) is 0 Å². The number of benzene rings is 1. The Labute approximate surface area is 126 Å². The van der Waals surface area contributed by atoms with Gasteiger partial charge >= 0.3 is 0 Å². The fraction of sp³-hybridized carbons (Fsp3) is 0.389. The van der Waals surface area contributed by atoms with Crippen molar-refractivity contribution in [3.05, 3.63) is 54.2 Å². The standard InChI is InChI=1S/C18H22N2O/c1-2-9-19-18(8-1)17-7-3-5-16(15-17)6-4-10-20-11-13-21-14-12-20/h1-3,5,7-9,15H,4,6,10-14H2. The first-order valence-electron chi connectivity index (χ1n) is 7.72. The summed E-state index contributed by atoms with van der Waals surface area (Å²) < 4.78 is 5.38. The summed E-state index contributed by atoms with van der Waals surface area (Å²) in [5, 5.41) is 0. The first-order chi connectivity index (χ1) is 10.4. The highest BCUT2D eigenvalue weighted by molar-refractivity contribution is 5.59. The van der Waals surface area contributed by atoms with Crippen LogP contribution >= 0.6 is 0 Å². The average Bonchev–Trinajstić information content (AvgIpc) is 2.57. The van der Waals surface area contributed by atoms with Crippen LogP contribution in [0, 0.1) is 0 Å². The molecule has 21 heavy (non-hydrogen) atoms. The van der Waals surface area contributed by atoms with Crippen LogP contribution < -0.4 is 0 Å². The molecule has 1 aromatic heterocycles. The summed E-state index contributed by atoms with van der Waals surface area (Å²) in [5.41, 5.74) is 3.65. The van der Waals surface area contributed by atoms with Crippen LogP contribution in [0.5, 0.6) is 0 Å². The SMILES string of the molecule is c1ccc(-c2cccc(CCCN3CCOCC3)c2)nc1. The predicted molar refractivity (Wildman–Crippen MR) is 85.3 cm³/mol. The molecule has 1 saturated heterocycles. The smallest absolute Gasteiger partial charge is 0.0702 e. The number of morpholine rings is 1. The minimum atomic E-state index is 0.884. The number of hydrogen-bond donors (Lipinski definition) is 0. The molecule has 3 heteroatoms. The summed E-state index contributed by atoms with van der Waals surface area (Å²) in [5.74, 6) is 0. The Hall–Kier alpha value is -1.71. The number of rotatable bonds is 5. The number of ether oxygens (including phenoxy) is 1. The Morgan fingerprint density at radius 1 is 1.05 bits per heavy atom. The molecule has 0 atom stereocenters. The lowest BCUT2D eigenvalue weighted by Gasteiger charge is -2.26. The Balaban J connectivity index is 1.56. The van der Waals surface area contributed by atoms with Crippen molar-refractivity contribution in [2.75, 3.05) is 32.8 Å². The van der Waals surface area contributed by atoms with Crippen LogP contribution in [-0.2, 0) is 11.2 Å². The van der Waals surface area contributed by atoms with Gasteiger partial charge in [-0.3, -0.25) is 9.88 Å². The van der Waals surface area contributed by atoms with E-state index >= 15 is 0 Å². The largest absolute Gasteiger partial charge is 0.379 e. The summed E-state index contributed by atoms with van der Waals surface area (Å²) in [6.45, 7) is 5.09. The van der Waals surface area contributed by atoms with Crippen molar-refractivity contribution >= 4 is 0 Å². The molecular weight excluding hydrogens is 260 g/mol. The van der Waals surface area contributed by atoms with E-state index in [0.717, 1.165) is 45.0 Å². The third-order valence-corrected chi connectivity index (χ3v) is 3.93. The van der Waals surface area contributed by atoms with Crippen molar-refractivity contribution < 1.29 is 4.74 Å². The maximum atomic E-state index is 5.38. The monoisotopic (exact) mass is 282 g/mol. The predicted octanol–water partition coefficient (Wildman–Crippen LogP) is 3.01. The fourth-order valence-electron chi connectivity index (χ4n) is 2.75. The van der Waals surface area contributed by atoms with Gasteiger partial charge < -0.3 is 4.74 Å². The lowest BCUT2D eigenvalue weighted by Crippen LogP contribution is -2.36. The van der Waals surface area contributed by atoms with Gasteiger partial charge in [-0.15, -0.1) is 0 Å². The van der Waals surface area contributed by atoms with Gasteiger partial charge in [-0.1, -0.05) is 24.3 Å². The summed E-state index contributed by atoms with van der Waals surface area (Å²) in [7, 11) is 0. The average molecular weight is 282 g/mol. The number of pyridine rings is 1. The molecule has 1 aromatic carbocycles. The van der Waals surface area contributed by atoms with Gasteiger partial charge in [-0.2, -0.15) is 0 Å². The molecule has 2 heterocycles. The molecular formula is C18H22N2O. The van der Waals surface area contributed by atoms with Gasteiger partial charge in [0.1, 0.15) is 0 Å². The lowest BCUT2D eigenvalue weighted by atomic mass is 10.0. The highest BCUT2D eigenvalue weighted by Gasteiger charge is 2.09. The molecule has 2 aromatic rings. The van der Waals surface area contributed by atoms with E-state index in [1.54, 1.807) is 0 Å². The van der Waals surface area contributed by atoms with Gasteiger partial charge in [0.2, 0.25) is 0 Å². The summed E-state index contributed by atoms with van der Waals surface area (Å²) >= 11 is 0. The van der Waals surface area contributed by atoms with Crippen molar-refractivity contribution in [1.29, 1.82) is 0 Å². The second-order valence-electron chi connectivity index (χ2n) is 5.47. The first kappa shape index (κ1) is 14.2. The zero-order valence-electron chi connectivity index (χ0n) is 12.4. The zero-order chi connectivity index (χ0) is 14.3. The first-order valence-corrected chi connectivity index (χ1v) is 7.72. The molecule has 0 aliphatic carbocycles. The van der Waals surface area contributed by atoms with Crippen LogP contribution in [0.2, 0.25) is 0 Å². The van der Waals surface area contributed by atoms with E-state index in [2.05, 4.69) is 40.2 Å². The van der Waals surface area contributed by atoms with Crippen molar-refractivity contribution in [3.8, 4) is 11.3 Å². The van der Waals surface area contributed by atoms with Crippen LogP contribution in [-0.4, -0.2) is 42.7 Å². The van der Waals surface area contributed by atoms with Gasteiger partial charge in [0.05, 0.1) is 18.9 Å². The minimum absolute atomic E-state index is 0.884. The van der Waals surface area contributed by atoms with Crippen molar-refractivity contribution in [2.24, 2.45) is 0 Å². The number of aryl methyl sites for hydroxylation is 1. The quantitative estimate of drug-likeness (QED) is 0.843. The van der Waals surface area contributed by atoms with E-state index in [0.29, 0.717) is 0 Å². The van der Waals surface area contributed by atoms with Crippen molar-refractivity contribution in [1.82, 2.24) is 9.88 Å². The summed E-state index contributed by atoms with van der Waals surface area (Å²) in [6.07, 6.45) is 4.17. The number of hydrogen-bond acceptors (Lipinski definition) is 3. The van der Waals surface area contributed by atoms with Gasteiger partial charge in [0.15, 0.2) is 0 Å². The van der Waals surface area contributed by atoms with Crippen LogP contribution in [0.1, 0.15) is 12.0 Å². The third-order valence-electron chi connectivity index (χ3n) is 3.93. The molecule has 1 aliphatic rings. The van der Waals surface area contributed by atoms with E-state index in [4.69, 9.17) is 4.74 Å². The molecule has 1 fully saturated rings. The fourth-order valence-corrected chi connectivity index (χ4v) is 2.75. The van der Waals surface area contributed by atoms with Crippen LogP contribution in [0.15, 0.2) is 48.7 Å². The third kappa shape index (κ3) is 4.13. The Bertz CT molecular complexity index is 550. The molecule has 0 amide bonds. The molecule has 0 radical (unpaired) electrons. The van der Waals surface area contributed by atoms with E-state index in [-0.39, 0.29) is 0 Å². The maximum absolute atomic E-state index is 5.38. The Morgan fingerprint density at radius 2 is 1.95 bits per heavy atom. The second kappa shape index (κ2) is 7.34.